The van der Waals surface area contributed by atoms with E-state index >= 15 is 0 Å². The summed E-state index contributed by atoms with van der Waals surface area (Å²) in [6, 6.07) is 5.46. The van der Waals surface area contributed by atoms with Crippen LogP contribution in [0, 0.1) is 5.92 Å². The summed E-state index contributed by atoms with van der Waals surface area (Å²) in [5.41, 5.74) is 7.34. The molecule has 1 amide bonds. The number of nitrogen functional groups attached to an aromatic ring is 1. The Hall–Kier alpha value is -1.71. The third kappa shape index (κ3) is 2.94. The molecule has 2 rings (SSSR count). The van der Waals surface area contributed by atoms with Crippen LogP contribution in [0.4, 0.5) is 5.69 Å². The fourth-order valence-corrected chi connectivity index (χ4v) is 2.45. The molecule has 0 atom stereocenters. The number of benzene rings is 1. The highest BCUT2D eigenvalue weighted by Crippen LogP contribution is 2.25. The minimum Gasteiger partial charge on any atom is -0.496 e. The van der Waals surface area contributed by atoms with Gasteiger partial charge in [-0.05, 0) is 31.0 Å². The largest absolute Gasteiger partial charge is 0.496 e. The third-order valence-electron chi connectivity index (χ3n) is 3.48. The van der Waals surface area contributed by atoms with E-state index in [9.17, 15) is 4.79 Å². The van der Waals surface area contributed by atoms with E-state index in [0.717, 1.165) is 24.2 Å². The first kappa shape index (κ1) is 12.7. The SMILES string of the molecule is COc1ccc(N)cc1CNC(=O)C1CCCC1. The number of carbonyl (C=O) groups excluding carboxylic acids is 1. The fourth-order valence-electron chi connectivity index (χ4n) is 2.45. The van der Waals surface area contributed by atoms with Gasteiger partial charge in [-0.1, -0.05) is 12.8 Å². The molecule has 4 nitrogen and oxygen atoms in total. The van der Waals surface area contributed by atoms with Gasteiger partial charge in [-0.15, -0.1) is 0 Å². The summed E-state index contributed by atoms with van der Waals surface area (Å²) in [4.78, 5) is 11.9. The molecular weight excluding hydrogens is 228 g/mol. The number of anilines is 1. The van der Waals surface area contributed by atoms with Gasteiger partial charge in [-0.2, -0.15) is 0 Å². The highest BCUT2D eigenvalue weighted by Gasteiger charge is 2.22. The van der Waals surface area contributed by atoms with Gasteiger partial charge in [0.05, 0.1) is 7.11 Å². The topological polar surface area (TPSA) is 64.3 Å². The lowest BCUT2D eigenvalue weighted by Crippen LogP contribution is -2.28. The Morgan fingerprint density at radius 1 is 1.44 bits per heavy atom. The van der Waals surface area contributed by atoms with E-state index in [1.54, 1.807) is 13.2 Å². The number of ether oxygens (including phenoxy) is 1. The van der Waals surface area contributed by atoms with Gasteiger partial charge in [-0.25, -0.2) is 0 Å². The number of rotatable bonds is 4. The zero-order chi connectivity index (χ0) is 13.0. The molecule has 1 aliphatic rings. The van der Waals surface area contributed by atoms with E-state index in [2.05, 4.69) is 5.32 Å². The van der Waals surface area contributed by atoms with Crippen LogP contribution in [0.25, 0.3) is 0 Å². The third-order valence-corrected chi connectivity index (χ3v) is 3.48. The van der Waals surface area contributed by atoms with Gasteiger partial charge in [0.1, 0.15) is 5.75 Å². The molecule has 0 aliphatic heterocycles. The Kier molecular flexibility index (Phi) is 4.07. The summed E-state index contributed by atoms with van der Waals surface area (Å²) in [6.07, 6.45) is 4.36. The Bertz CT molecular complexity index is 426. The minimum absolute atomic E-state index is 0.150. The first-order chi connectivity index (χ1) is 8.70. The van der Waals surface area contributed by atoms with Crippen molar-refractivity contribution in [2.45, 2.75) is 32.2 Å². The molecule has 3 N–H and O–H groups in total. The Labute approximate surface area is 108 Å². The maximum atomic E-state index is 11.9. The average Bonchev–Trinajstić information content (AvgIpc) is 2.90. The predicted octanol–water partition coefficient (Wildman–Crippen LogP) is 2.08. The number of carbonyl (C=O) groups is 1. The Morgan fingerprint density at radius 3 is 2.83 bits per heavy atom. The summed E-state index contributed by atoms with van der Waals surface area (Å²) in [7, 11) is 1.62. The average molecular weight is 248 g/mol. The van der Waals surface area contributed by atoms with Crippen LogP contribution >= 0.6 is 0 Å². The molecule has 4 heteroatoms. The van der Waals surface area contributed by atoms with E-state index in [4.69, 9.17) is 10.5 Å². The molecule has 0 radical (unpaired) electrons. The van der Waals surface area contributed by atoms with Gasteiger partial charge >= 0.3 is 0 Å². The van der Waals surface area contributed by atoms with Crippen molar-refractivity contribution in [3.63, 3.8) is 0 Å². The molecule has 18 heavy (non-hydrogen) atoms. The van der Waals surface area contributed by atoms with Crippen molar-refractivity contribution in [2.24, 2.45) is 5.92 Å². The quantitative estimate of drug-likeness (QED) is 0.802. The molecule has 1 fully saturated rings. The second kappa shape index (κ2) is 5.76. The van der Waals surface area contributed by atoms with E-state index in [0.29, 0.717) is 12.2 Å². The molecule has 0 saturated heterocycles. The normalized spacial score (nSPS) is 15.6. The molecule has 0 heterocycles. The smallest absolute Gasteiger partial charge is 0.223 e. The van der Waals surface area contributed by atoms with Crippen LogP contribution in [-0.2, 0) is 11.3 Å². The molecular formula is C14H20N2O2. The molecule has 0 unspecified atom stereocenters. The standard InChI is InChI=1S/C14H20N2O2/c1-18-13-7-6-12(15)8-11(13)9-16-14(17)10-4-2-3-5-10/h6-8,10H,2-5,9,15H2,1H3,(H,16,17). The van der Waals surface area contributed by atoms with Gasteiger partial charge in [0, 0.05) is 23.7 Å². The maximum Gasteiger partial charge on any atom is 0.223 e. The van der Waals surface area contributed by atoms with E-state index in [1.807, 2.05) is 12.1 Å². The van der Waals surface area contributed by atoms with Crippen LogP contribution in [0.3, 0.4) is 0 Å². The highest BCUT2D eigenvalue weighted by molar-refractivity contribution is 5.78. The van der Waals surface area contributed by atoms with Crippen molar-refractivity contribution in [3.8, 4) is 5.75 Å². The monoisotopic (exact) mass is 248 g/mol. The van der Waals surface area contributed by atoms with Gasteiger partial charge in [0.15, 0.2) is 0 Å². The van der Waals surface area contributed by atoms with Crippen molar-refractivity contribution in [1.29, 1.82) is 0 Å². The van der Waals surface area contributed by atoms with Gasteiger partial charge < -0.3 is 15.8 Å². The molecule has 98 valence electrons. The van der Waals surface area contributed by atoms with Crippen LogP contribution in [0.2, 0.25) is 0 Å². The second-order valence-electron chi connectivity index (χ2n) is 4.77. The fraction of sp³-hybridized carbons (Fsp3) is 0.500. The number of nitrogens with two attached hydrogens (primary N) is 1. The highest BCUT2D eigenvalue weighted by atomic mass is 16.5. The summed E-state index contributed by atoms with van der Waals surface area (Å²) in [5, 5.41) is 2.97. The van der Waals surface area contributed by atoms with Crippen LogP contribution in [-0.4, -0.2) is 13.0 Å². The van der Waals surface area contributed by atoms with Crippen molar-refractivity contribution in [3.05, 3.63) is 23.8 Å². The summed E-state index contributed by atoms with van der Waals surface area (Å²) < 4.78 is 5.25. The van der Waals surface area contributed by atoms with E-state index in [1.165, 1.54) is 12.8 Å². The molecule has 1 aromatic carbocycles. The summed E-state index contributed by atoms with van der Waals surface area (Å²) in [6.45, 7) is 0.476. The zero-order valence-electron chi connectivity index (χ0n) is 10.7. The summed E-state index contributed by atoms with van der Waals surface area (Å²) in [5.74, 6) is 1.10. The van der Waals surface area contributed by atoms with E-state index in [-0.39, 0.29) is 11.8 Å². The molecule has 0 aromatic heterocycles. The predicted molar refractivity (Wildman–Crippen MR) is 71.2 cm³/mol. The molecule has 1 aromatic rings. The maximum absolute atomic E-state index is 11.9. The van der Waals surface area contributed by atoms with Gasteiger partial charge in [-0.3, -0.25) is 4.79 Å². The number of hydrogen-bond donors (Lipinski definition) is 2. The Morgan fingerprint density at radius 2 is 2.17 bits per heavy atom. The second-order valence-corrected chi connectivity index (χ2v) is 4.77. The number of amides is 1. The Balaban J connectivity index is 1.96. The van der Waals surface area contributed by atoms with Crippen molar-refractivity contribution in [2.75, 3.05) is 12.8 Å². The molecule has 1 aliphatic carbocycles. The first-order valence-electron chi connectivity index (χ1n) is 6.41. The number of hydrogen-bond acceptors (Lipinski definition) is 3. The van der Waals surface area contributed by atoms with Crippen molar-refractivity contribution < 1.29 is 9.53 Å². The minimum atomic E-state index is 0.150. The number of nitrogens with one attached hydrogen (secondary N) is 1. The molecule has 0 bridgehead atoms. The first-order valence-corrected chi connectivity index (χ1v) is 6.41. The van der Waals surface area contributed by atoms with E-state index < -0.39 is 0 Å². The van der Waals surface area contributed by atoms with Gasteiger partial charge in [0.2, 0.25) is 5.91 Å². The number of methoxy groups -OCH3 is 1. The summed E-state index contributed by atoms with van der Waals surface area (Å²) >= 11 is 0. The lowest BCUT2D eigenvalue weighted by molar-refractivity contribution is -0.124. The lowest BCUT2D eigenvalue weighted by atomic mass is 10.1. The van der Waals surface area contributed by atoms with Crippen LogP contribution in [0.15, 0.2) is 18.2 Å². The van der Waals surface area contributed by atoms with Gasteiger partial charge in [0.25, 0.3) is 0 Å². The van der Waals surface area contributed by atoms with Crippen LogP contribution in [0.5, 0.6) is 5.75 Å². The van der Waals surface area contributed by atoms with Crippen molar-refractivity contribution >= 4 is 11.6 Å². The lowest BCUT2D eigenvalue weighted by Gasteiger charge is -2.13. The molecule has 0 spiro atoms. The van der Waals surface area contributed by atoms with Crippen LogP contribution in [0.1, 0.15) is 31.2 Å². The van der Waals surface area contributed by atoms with Crippen molar-refractivity contribution in [1.82, 2.24) is 5.32 Å². The zero-order valence-corrected chi connectivity index (χ0v) is 10.7. The molecule has 1 saturated carbocycles. The van der Waals surface area contributed by atoms with Crippen LogP contribution < -0.4 is 15.8 Å².